The largest absolute Gasteiger partial charge is 0.365 e. The molecule has 30 heavy (non-hydrogen) atoms. The second-order valence-electron chi connectivity index (χ2n) is 6.94. The number of benzene rings is 1. The first-order valence-corrected chi connectivity index (χ1v) is 12.1. The molecule has 0 radical (unpaired) electrons. The third kappa shape index (κ3) is 4.27. The van der Waals surface area contributed by atoms with Gasteiger partial charge in [-0.1, -0.05) is 13.8 Å². The molecule has 0 aliphatic carbocycles. The number of fused-ring (bicyclic) bond motifs is 1. The maximum absolute atomic E-state index is 12.8. The van der Waals surface area contributed by atoms with E-state index in [9.17, 15) is 18.0 Å². The van der Waals surface area contributed by atoms with Gasteiger partial charge in [0.1, 0.15) is 9.21 Å². The lowest BCUT2D eigenvalue weighted by atomic mass is 9.99. The van der Waals surface area contributed by atoms with E-state index in [2.05, 4.69) is 15.4 Å². The number of anilines is 2. The molecule has 5 N–H and O–H groups in total. The zero-order valence-corrected chi connectivity index (χ0v) is 19.3. The number of primary amides is 1. The smallest absolute Gasteiger partial charge is 0.319 e. The van der Waals surface area contributed by atoms with Crippen LogP contribution in [0.4, 0.5) is 15.5 Å². The second kappa shape index (κ2) is 8.25. The molecule has 0 bridgehead atoms. The fourth-order valence-electron chi connectivity index (χ4n) is 2.97. The predicted molar refractivity (Wildman–Crippen MR) is 122 cm³/mol. The van der Waals surface area contributed by atoms with Gasteiger partial charge in [0.25, 0.3) is 15.9 Å². The van der Waals surface area contributed by atoms with Crippen molar-refractivity contribution in [1.82, 2.24) is 5.32 Å². The molecule has 3 rings (SSSR count). The van der Waals surface area contributed by atoms with Crippen molar-refractivity contribution in [3.63, 3.8) is 0 Å². The third-order valence-corrected chi connectivity index (χ3v) is 8.42. The number of nitrogens with two attached hydrogens (primary N) is 1. The van der Waals surface area contributed by atoms with Crippen molar-refractivity contribution in [3.8, 4) is 0 Å². The number of urea groups is 1. The van der Waals surface area contributed by atoms with Gasteiger partial charge < -0.3 is 11.1 Å². The monoisotopic (exact) mass is 466 g/mol. The standard InChI is InChI=1S/C19H22N4O4S3/c1-9(2)12-7-11(23-30(26,27)14-6-5-10(3)28-14)8-13-15(17(20)24)18(29-16(12)13)22-19(25)21-4/h5-9,23H,1-4H3,(H2,20,24)(H2,21,22,25). The summed E-state index contributed by atoms with van der Waals surface area (Å²) in [5.41, 5.74) is 6.91. The highest BCUT2D eigenvalue weighted by atomic mass is 32.2. The van der Waals surface area contributed by atoms with E-state index in [1.54, 1.807) is 24.3 Å². The van der Waals surface area contributed by atoms with Crippen LogP contribution in [0.2, 0.25) is 0 Å². The fraction of sp³-hybridized carbons (Fsp3) is 0.263. The minimum absolute atomic E-state index is 0.0353. The lowest BCUT2D eigenvalue weighted by Gasteiger charge is -2.12. The quantitative estimate of drug-likeness (QED) is 0.436. The first-order valence-electron chi connectivity index (χ1n) is 9.01. The summed E-state index contributed by atoms with van der Waals surface area (Å²) in [4.78, 5) is 24.9. The Kier molecular flexibility index (Phi) is 6.06. The normalized spacial score (nSPS) is 11.6. The van der Waals surface area contributed by atoms with Crippen LogP contribution in [-0.4, -0.2) is 27.4 Å². The van der Waals surface area contributed by atoms with Gasteiger partial charge in [0.05, 0.1) is 5.56 Å². The van der Waals surface area contributed by atoms with Gasteiger partial charge in [0.2, 0.25) is 0 Å². The second-order valence-corrected chi connectivity index (χ2v) is 11.2. The van der Waals surface area contributed by atoms with E-state index in [1.165, 1.54) is 29.7 Å². The molecule has 8 nitrogen and oxygen atoms in total. The Balaban J connectivity index is 2.18. The van der Waals surface area contributed by atoms with Crippen LogP contribution in [0.25, 0.3) is 10.1 Å². The molecule has 2 heterocycles. The van der Waals surface area contributed by atoms with E-state index in [-0.39, 0.29) is 15.7 Å². The van der Waals surface area contributed by atoms with Gasteiger partial charge >= 0.3 is 6.03 Å². The van der Waals surface area contributed by atoms with Crippen molar-refractivity contribution in [1.29, 1.82) is 0 Å². The molecule has 11 heteroatoms. The van der Waals surface area contributed by atoms with Crippen molar-refractivity contribution in [2.45, 2.75) is 30.9 Å². The Morgan fingerprint density at radius 1 is 1.13 bits per heavy atom. The third-order valence-electron chi connectivity index (χ3n) is 4.37. The molecule has 0 aliphatic heterocycles. The van der Waals surface area contributed by atoms with Crippen molar-refractivity contribution in [2.24, 2.45) is 5.73 Å². The van der Waals surface area contributed by atoms with Crippen molar-refractivity contribution in [3.05, 3.63) is 40.3 Å². The van der Waals surface area contributed by atoms with Crippen molar-refractivity contribution < 1.29 is 18.0 Å². The Bertz CT molecular complexity index is 1240. The molecule has 0 saturated heterocycles. The van der Waals surface area contributed by atoms with Gasteiger partial charge in [-0.05, 0) is 42.7 Å². The SMILES string of the molecule is CNC(=O)Nc1sc2c(C(C)C)cc(NS(=O)(=O)c3ccc(C)s3)cc2c1C(N)=O. The Hall–Kier alpha value is -2.63. The maximum Gasteiger partial charge on any atom is 0.319 e. The molecule has 3 aromatic rings. The molecular formula is C19H22N4O4S3. The van der Waals surface area contributed by atoms with Crippen LogP contribution >= 0.6 is 22.7 Å². The number of hydrogen-bond donors (Lipinski definition) is 4. The zero-order chi connectivity index (χ0) is 22.2. The average Bonchev–Trinajstić information content (AvgIpc) is 3.24. The van der Waals surface area contributed by atoms with E-state index in [0.29, 0.717) is 16.1 Å². The van der Waals surface area contributed by atoms with Crippen molar-refractivity contribution >= 4 is 65.4 Å². The number of sulfonamides is 1. The van der Waals surface area contributed by atoms with E-state index in [4.69, 9.17) is 5.73 Å². The van der Waals surface area contributed by atoms with Crippen LogP contribution in [0, 0.1) is 6.92 Å². The number of nitrogens with one attached hydrogen (secondary N) is 3. The van der Waals surface area contributed by atoms with E-state index < -0.39 is 22.0 Å². The summed E-state index contributed by atoms with van der Waals surface area (Å²) in [5, 5.41) is 5.87. The summed E-state index contributed by atoms with van der Waals surface area (Å²) in [6.45, 7) is 5.76. The Morgan fingerprint density at radius 2 is 1.83 bits per heavy atom. The minimum Gasteiger partial charge on any atom is -0.365 e. The number of carbonyl (C=O) groups excluding carboxylic acids is 2. The van der Waals surface area contributed by atoms with E-state index in [1.807, 2.05) is 20.8 Å². The van der Waals surface area contributed by atoms with Gasteiger partial charge in [-0.3, -0.25) is 14.8 Å². The lowest BCUT2D eigenvalue weighted by molar-refractivity contribution is 0.100. The molecule has 3 amide bonds. The fourth-order valence-corrected chi connectivity index (χ4v) is 6.64. The summed E-state index contributed by atoms with van der Waals surface area (Å²) in [6, 6.07) is 6.13. The molecule has 0 spiro atoms. The first-order chi connectivity index (χ1) is 14.0. The number of rotatable bonds is 6. The Labute approximate surface area is 182 Å². The number of aryl methyl sites for hydroxylation is 1. The van der Waals surface area contributed by atoms with Gasteiger partial charge in [0.15, 0.2) is 0 Å². The van der Waals surface area contributed by atoms with Crippen LogP contribution in [0.5, 0.6) is 0 Å². The number of hydrogen-bond acceptors (Lipinski definition) is 6. The zero-order valence-electron chi connectivity index (χ0n) is 16.8. The Morgan fingerprint density at radius 3 is 2.37 bits per heavy atom. The molecule has 0 atom stereocenters. The van der Waals surface area contributed by atoms with E-state index >= 15 is 0 Å². The minimum atomic E-state index is -3.78. The van der Waals surface area contributed by atoms with Gasteiger partial charge in [0, 0.05) is 27.7 Å². The predicted octanol–water partition coefficient (Wildman–Crippen LogP) is 4.05. The van der Waals surface area contributed by atoms with Crippen LogP contribution in [0.15, 0.2) is 28.5 Å². The van der Waals surface area contributed by atoms with Crippen LogP contribution in [0.3, 0.4) is 0 Å². The van der Waals surface area contributed by atoms with Gasteiger partial charge in [-0.15, -0.1) is 22.7 Å². The van der Waals surface area contributed by atoms with Crippen LogP contribution < -0.4 is 21.1 Å². The molecule has 1 aromatic carbocycles. The molecule has 0 unspecified atom stereocenters. The molecule has 160 valence electrons. The highest BCUT2D eigenvalue weighted by molar-refractivity contribution is 7.94. The first kappa shape index (κ1) is 22.1. The number of thiophene rings is 2. The van der Waals surface area contributed by atoms with Crippen LogP contribution in [-0.2, 0) is 10.0 Å². The molecular weight excluding hydrogens is 444 g/mol. The summed E-state index contributed by atoms with van der Waals surface area (Å²) in [6.07, 6.45) is 0. The topological polar surface area (TPSA) is 130 Å². The molecule has 2 aromatic heterocycles. The molecule has 0 saturated carbocycles. The average molecular weight is 467 g/mol. The lowest BCUT2D eigenvalue weighted by Crippen LogP contribution is -2.25. The summed E-state index contributed by atoms with van der Waals surface area (Å²) in [5.74, 6) is -0.676. The summed E-state index contributed by atoms with van der Waals surface area (Å²) in [7, 11) is -2.31. The molecule has 0 fully saturated rings. The van der Waals surface area contributed by atoms with Gasteiger partial charge in [-0.25, -0.2) is 13.2 Å². The van der Waals surface area contributed by atoms with Gasteiger partial charge in [-0.2, -0.15) is 0 Å². The highest BCUT2D eigenvalue weighted by Crippen LogP contribution is 2.42. The van der Waals surface area contributed by atoms with E-state index in [0.717, 1.165) is 15.1 Å². The summed E-state index contributed by atoms with van der Waals surface area (Å²) >= 11 is 2.40. The number of amides is 3. The number of carbonyl (C=O) groups is 2. The highest BCUT2D eigenvalue weighted by Gasteiger charge is 2.24. The van der Waals surface area contributed by atoms with Crippen molar-refractivity contribution in [2.75, 3.05) is 17.1 Å². The summed E-state index contributed by atoms with van der Waals surface area (Å²) < 4.78 is 29.1. The maximum atomic E-state index is 12.8. The van der Waals surface area contributed by atoms with Crippen LogP contribution in [0.1, 0.15) is 40.6 Å². The molecule has 0 aliphatic rings.